The summed E-state index contributed by atoms with van der Waals surface area (Å²) >= 11 is 0. The summed E-state index contributed by atoms with van der Waals surface area (Å²) in [7, 11) is 0. The first-order valence-electron chi connectivity index (χ1n) is 6.52. The van der Waals surface area contributed by atoms with Crippen molar-refractivity contribution in [2.45, 2.75) is 39.2 Å². The first kappa shape index (κ1) is 12.0. The normalized spacial score (nSPS) is 24.4. The molecule has 2 nitrogen and oxygen atoms in total. The molecule has 0 saturated carbocycles. The lowest BCUT2D eigenvalue weighted by Gasteiger charge is -2.39. The van der Waals surface area contributed by atoms with Crippen molar-refractivity contribution in [1.82, 2.24) is 0 Å². The Labute approximate surface area is 104 Å². The lowest BCUT2D eigenvalue weighted by atomic mass is 9.90. The van der Waals surface area contributed by atoms with E-state index in [1.165, 1.54) is 19.3 Å². The topological polar surface area (TPSA) is 27.0 Å². The Morgan fingerprint density at radius 3 is 2.82 bits per heavy atom. The smallest absolute Gasteiger partial charge is 0.101 e. The second-order valence-corrected chi connectivity index (χ2v) is 4.98. The van der Waals surface area contributed by atoms with Gasteiger partial charge in [-0.2, -0.15) is 5.26 Å². The van der Waals surface area contributed by atoms with Gasteiger partial charge in [0.05, 0.1) is 11.3 Å². The van der Waals surface area contributed by atoms with E-state index < -0.39 is 0 Å². The molecule has 0 aliphatic carbocycles. The van der Waals surface area contributed by atoms with E-state index in [0.29, 0.717) is 6.04 Å². The van der Waals surface area contributed by atoms with Crippen LogP contribution in [-0.2, 0) is 0 Å². The van der Waals surface area contributed by atoms with Crippen molar-refractivity contribution < 1.29 is 0 Å². The molecule has 0 bridgehead atoms. The molecule has 0 amide bonds. The maximum Gasteiger partial charge on any atom is 0.101 e. The number of hydrogen-bond donors (Lipinski definition) is 0. The van der Waals surface area contributed by atoms with E-state index in [0.717, 1.165) is 23.7 Å². The minimum atomic E-state index is 0.548. The molecule has 90 valence electrons. The lowest BCUT2D eigenvalue weighted by Crippen LogP contribution is -2.42. The van der Waals surface area contributed by atoms with Gasteiger partial charge < -0.3 is 4.90 Å². The predicted molar refractivity (Wildman–Crippen MR) is 71.0 cm³/mol. The minimum absolute atomic E-state index is 0.548. The van der Waals surface area contributed by atoms with Crippen molar-refractivity contribution in [3.05, 3.63) is 29.8 Å². The van der Waals surface area contributed by atoms with Crippen molar-refractivity contribution in [3.63, 3.8) is 0 Å². The number of nitrogens with zero attached hydrogens (tertiary/aromatic N) is 2. The molecule has 0 radical (unpaired) electrons. The Balaban J connectivity index is 2.28. The molecule has 17 heavy (non-hydrogen) atoms. The van der Waals surface area contributed by atoms with Crippen molar-refractivity contribution in [2.75, 3.05) is 11.4 Å². The first-order chi connectivity index (χ1) is 8.26. The van der Waals surface area contributed by atoms with Gasteiger partial charge in [-0.15, -0.1) is 0 Å². The van der Waals surface area contributed by atoms with E-state index in [1.54, 1.807) is 0 Å². The van der Waals surface area contributed by atoms with Gasteiger partial charge in [0.25, 0.3) is 0 Å². The van der Waals surface area contributed by atoms with Crippen LogP contribution in [0.5, 0.6) is 0 Å². The summed E-state index contributed by atoms with van der Waals surface area (Å²) < 4.78 is 0. The van der Waals surface area contributed by atoms with Gasteiger partial charge >= 0.3 is 0 Å². The maximum atomic E-state index is 9.18. The molecule has 2 atom stereocenters. The van der Waals surface area contributed by atoms with Gasteiger partial charge in [0, 0.05) is 12.6 Å². The Morgan fingerprint density at radius 2 is 2.12 bits per heavy atom. The molecule has 0 N–H and O–H groups in total. The number of benzene rings is 1. The van der Waals surface area contributed by atoms with E-state index in [4.69, 9.17) is 0 Å². The second-order valence-electron chi connectivity index (χ2n) is 4.98. The van der Waals surface area contributed by atoms with Gasteiger partial charge in [0.15, 0.2) is 0 Å². The highest BCUT2D eigenvalue weighted by atomic mass is 15.2. The van der Waals surface area contributed by atoms with Gasteiger partial charge in [-0.25, -0.2) is 0 Å². The van der Waals surface area contributed by atoms with E-state index in [1.807, 2.05) is 18.2 Å². The molecule has 0 spiro atoms. The summed E-state index contributed by atoms with van der Waals surface area (Å²) in [5.41, 5.74) is 1.91. The fourth-order valence-electron chi connectivity index (χ4n) is 2.67. The number of anilines is 1. The van der Waals surface area contributed by atoms with Crippen LogP contribution in [0.15, 0.2) is 24.3 Å². The van der Waals surface area contributed by atoms with Crippen LogP contribution in [0.25, 0.3) is 0 Å². The van der Waals surface area contributed by atoms with Crippen molar-refractivity contribution in [3.8, 4) is 6.07 Å². The summed E-state index contributed by atoms with van der Waals surface area (Å²) in [5.74, 6) is 0.776. The zero-order chi connectivity index (χ0) is 12.3. The SMILES string of the molecule is CCC1CCC(C)N(c2ccccc2C#N)C1. The third-order valence-electron chi connectivity index (χ3n) is 3.89. The van der Waals surface area contributed by atoms with Gasteiger partial charge in [0.2, 0.25) is 0 Å². The minimum Gasteiger partial charge on any atom is -0.367 e. The Morgan fingerprint density at radius 1 is 1.35 bits per heavy atom. The first-order valence-corrected chi connectivity index (χ1v) is 6.52. The van der Waals surface area contributed by atoms with Crippen LogP contribution in [0.4, 0.5) is 5.69 Å². The number of nitriles is 1. The highest BCUT2D eigenvalue weighted by molar-refractivity contribution is 5.60. The number of hydrogen-bond acceptors (Lipinski definition) is 2. The maximum absolute atomic E-state index is 9.18. The van der Waals surface area contributed by atoms with E-state index >= 15 is 0 Å². The zero-order valence-electron chi connectivity index (χ0n) is 10.7. The summed E-state index contributed by atoms with van der Waals surface area (Å²) in [6, 6.07) is 10.8. The molecule has 1 aromatic rings. The molecule has 1 aliphatic heterocycles. The lowest BCUT2D eigenvalue weighted by molar-refractivity contribution is 0.359. The third kappa shape index (κ3) is 2.44. The molecule has 1 aromatic carbocycles. The van der Waals surface area contributed by atoms with Crippen LogP contribution in [0.1, 0.15) is 38.7 Å². The highest BCUT2D eigenvalue weighted by Crippen LogP contribution is 2.30. The number of piperidine rings is 1. The summed E-state index contributed by atoms with van der Waals surface area (Å²) in [6.07, 6.45) is 3.79. The molecule has 2 unspecified atom stereocenters. The summed E-state index contributed by atoms with van der Waals surface area (Å²) in [6.45, 7) is 5.62. The molecule has 1 heterocycles. The molecule has 1 fully saturated rings. The third-order valence-corrected chi connectivity index (χ3v) is 3.89. The number of para-hydroxylation sites is 1. The molecule has 2 heteroatoms. The van der Waals surface area contributed by atoms with Crippen molar-refractivity contribution in [2.24, 2.45) is 5.92 Å². The van der Waals surface area contributed by atoms with Crippen molar-refractivity contribution in [1.29, 1.82) is 5.26 Å². The monoisotopic (exact) mass is 228 g/mol. The Kier molecular flexibility index (Phi) is 3.68. The average Bonchev–Trinajstić information content (AvgIpc) is 2.39. The fraction of sp³-hybridized carbons (Fsp3) is 0.533. The summed E-state index contributed by atoms with van der Waals surface area (Å²) in [4.78, 5) is 2.41. The highest BCUT2D eigenvalue weighted by Gasteiger charge is 2.25. The number of rotatable bonds is 2. The molecule has 1 saturated heterocycles. The van der Waals surface area contributed by atoms with Crippen LogP contribution < -0.4 is 4.90 Å². The van der Waals surface area contributed by atoms with Crippen LogP contribution in [-0.4, -0.2) is 12.6 Å². The molecular formula is C15H20N2. The largest absolute Gasteiger partial charge is 0.367 e. The molecule has 1 aliphatic rings. The second kappa shape index (κ2) is 5.23. The zero-order valence-corrected chi connectivity index (χ0v) is 10.7. The molecule has 0 aromatic heterocycles. The molecule has 2 rings (SSSR count). The van der Waals surface area contributed by atoms with Crippen LogP contribution in [0.2, 0.25) is 0 Å². The van der Waals surface area contributed by atoms with E-state index in [9.17, 15) is 5.26 Å². The summed E-state index contributed by atoms with van der Waals surface area (Å²) in [5, 5.41) is 9.18. The fourth-order valence-corrected chi connectivity index (χ4v) is 2.67. The van der Waals surface area contributed by atoms with Gasteiger partial charge in [-0.1, -0.05) is 25.5 Å². The van der Waals surface area contributed by atoms with Gasteiger partial charge in [-0.3, -0.25) is 0 Å². The van der Waals surface area contributed by atoms with E-state index in [2.05, 4.69) is 30.9 Å². The van der Waals surface area contributed by atoms with Gasteiger partial charge in [0.1, 0.15) is 6.07 Å². The van der Waals surface area contributed by atoms with Crippen LogP contribution in [0.3, 0.4) is 0 Å². The van der Waals surface area contributed by atoms with Crippen molar-refractivity contribution >= 4 is 5.69 Å². The van der Waals surface area contributed by atoms with Crippen LogP contribution >= 0.6 is 0 Å². The predicted octanol–water partition coefficient (Wildman–Crippen LogP) is 3.57. The van der Waals surface area contributed by atoms with Gasteiger partial charge in [-0.05, 0) is 37.8 Å². The standard InChI is InChI=1S/C15H20N2/c1-3-13-9-8-12(2)17(11-13)15-7-5-4-6-14(15)10-16/h4-7,12-13H,3,8-9,11H2,1-2H3. The quantitative estimate of drug-likeness (QED) is 0.773. The molecular weight excluding hydrogens is 208 g/mol. The Bertz CT molecular complexity index is 419. The Hall–Kier alpha value is -1.49. The average molecular weight is 228 g/mol. The van der Waals surface area contributed by atoms with Crippen LogP contribution in [0, 0.1) is 17.2 Å². The van der Waals surface area contributed by atoms with E-state index in [-0.39, 0.29) is 0 Å².